The van der Waals surface area contributed by atoms with Gasteiger partial charge in [0, 0.05) is 6.08 Å². The molecule has 1 aromatic carbocycles. The average molecular weight is 508 g/mol. The Hall–Kier alpha value is -3.47. The number of halogens is 1. The normalized spacial score (nSPS) is 12.3. The molecule has 0 aliphatic heterocycles. The van der Waals surface area contributed by atoms with Gasteiger partial charge in [0.25, 0.3) is 0 Å². The zero-order valence-electron chi connectivity index (χ0n) is 22.3. The van der Waals surface area contributed by atoms with E-state index in [4.69, 9.17) is 4.74 Å². The lowest BCUT2D eigenvalue weighted by atomic mass is 10.1. The lowest BCUT2D eigenvalue weighted by Gasteiger charge is -2.07. The molecular formula is C32H42FNO3. The number of aryl methyl sites for hydroxylation is 1. The molecule has 0 heterocycles. The van der Waals surface area contributed by atoms with Crippen LogP contribution in [0.4, 0.5) is 4.39 Å². The summed E-state index contributed by atoms with van der Waals surface area (Å²) in [4.78, 5) is 23.8. The highest BCUT2D eigenvalue weighted by atomic mass is 19.1. The fourth-order valence-corrected chi connectivity index (χ4v) is 3.32. The van der Waals surface area contributed by atoms with Gasteiger partial charge in [0.1, 0.15) is 12.4 Å². The summed E-state index contributed by atoms with van der Waals surface area (Å²) in [7, 11) is 0. The van der Waals surface area contributed by atoms with Crippen LogP contribution in [0.25, 0.3) is 0 Å². The molecule has 0 radical (unpaired) electrons. The zero-order chi connectivity index (χ0) is 27.0. The molecule has 1 rings (SSSR count). The first-order valence-corrected chi connectivity index (χ1v) is 13.3. The SMILES string of the molecule is CCCCCCCCCC=CC=CC=CC=CC=CC=CC(=O)NCCOC(=O)c1cc(F)ccc1C. The molecule has 37 heavy (non-hydrogen) atoms. The van der Waals surface area contributed by atoms with E-state index >= 15 is 0 Å². The molecular weight excluding hydrogens is 465 g/mol. The van der Waals surface area contributed by atoms with Gasteiger partial charge in [-0.05, 0) is 37.5 Å². The minimum absolute atomic E-state index is 0.00269. The molecule has 1 N–H and O–H groups in total. The summed E-state index contributed by atoms with van der Waals surface area (Å²) in [6.45, 7) is 4.12. The van der Waals surface area contributed by atoms with Crippen molar-refractivity contribution in [2.75, 3.05) is 13.2 Å². The Morgan fingerprint density at radius 3 is 2.11 bits per heavy atom. The molecule has 0 saturated carbocycles. The van der Waals surface area contributed by atoms with Crippen molar-refractivity contribution in [2.24, 2.45) is 0 Å². The number of nitrogens with one attached hydrogen (secondary N) is 1. The number of benzene rings is 1. The number of carbonyl (C=O) groups is 2. The third kappa shape index (κ3) is 17.6. The summed E-state index contributed by atoms with van der Waals surface area (Å²) in [6, 6.07) is 3.95. The molecule has 0 bridgehead atoms. The molecule has 1 amide bonds. The third-order valence-electron chi connectivity index (χ3n) is 5.41. The van der Waals surface area contributed by atoms with Crippen molar-refractivity contribution in [3.8, 4) is 0 Å². The molecule has 0 fully saturated rings. The molecule has 1 aromatic rings. The predicted octanol–water partition coefficient (Wildman–Crippen LogP) is 7.89. The molecule has 200 valence electrons. The molecule has 0 aromatic heterocycles. The van der Waals surface area contributed by atoms with Gasteiger partial charge in [-0.3, -0.25) is 4.79 Å². The van der Waals surface area contributed by atoms with E-state index in [0.717, 1.165) is 12.5 Å². The fraction of sp³-hybridized carbons (Fsp3) is 0.375. The number of amides is 1. The van der Waals surface area contributed by atoms with Crippen LogP contribution in [-0.2, 0) is 9.53 Å². The van der Waals surface area contributed by atoms with Gasteiger partial charge < -0.3 is 10.1 Å². The van der Waals surface area contributed by atoms with Gasteiger partial charge in [0.05, 0.1) is 12.1 Å². The van der Waals surface area contributed by atoms with Crippen molar-refractivity contribution >= 4 is 11.9 Å². The van der Waals surface area contributed by atoms with E-state index in [0.29, 0.717) is 5.56 Å². The maximum atomic E-state index is 13.3. The first kappa shape index (κ1) is 31.6. The average Bonchev–Trinajstić information content (AvgIpc) is 2.89. The van der Waals surface area contributed by atoms with E-state index < -0.39 is 11.8 Å². The summed E-state index contributed by atoms with van der Waals surface area (Å²) in [6.07, 6.45) is 33.1. The lowest BCUT2D eigenvalue weighted by molar-refractivity contribution is -0.116. The number of allylic oxidation sites excluding steroid dienone is 11. The Balaban J connectivity index is 2.10. The quantitative estimate of drug-likeness (QED) is 0.0951. The minimum atomic E-state index is -0.615. The second kappa shape index (κ2) is 21.8. The number of carbonyl (C=O) groups excluding carboxylic acids is 2. The molecule has 0 atom stereocenters. The summed E-state index contributed by atoms with van der Waals surface area (Å²) in [5.41, 5.74) is 0.814. The smallest absolute Gasteiger partial charge is 0.338 e. The van der Waals surface area contributed by atoms with Crippen LogP contribution in [0.15, 0.2) is 91.1 Å². The number of unbranched alkanes of at least 4 members (excludes halogenated alkanes) is 7. The van der Waals surface area contributed by atoms with Crippen LogP contribution in [0.1, 0.15) is 74.2 Å². The van der Waals surface area contributed by atoms with Crippen molar-refractivity contribution in [3.63, 3.8) is 0 Å². The molecule has 4 nitrogen and oxygen atoms in total. The van der Waals surface area contributed by atoms with Crippen LogP contribution in [0.2, 0.25) is 0 Å². The fourth-order valence-electron chi connectivity index (χ4n) is 3.32. The van der Waals surface area contributed by atoms with E-state index in [-0.39, 0.29) is 24.6 Å². The summed E-state index contributed by atoms with van der Waals surface area (Å²) in [5, 5.41) is 2.62. The van der Waals surface area contributed by atoms with Crippen LogP contribution >= 0.6 is 0 Å². The van der Waals surface area contributed by atoms with Crippen LogP contribution < -0.4 is 5.32 Å². The molecule has 0 saturated heterocycles. The molecule has 0 aliphatic rings. The number of rotatable bonds is 18. The van der Waals surface area contributed by atoms with Crippen LogP contribution in [0.3, 0.4) is 0 Å². The third-order valence-corrected chi connectivity index (χ3v) is 5.41. The van der Waals surface area contributed by atoms with Crippen LogP contribution in [0, 0.1) is 12.7 Å². The van der Waals surface area contributed by atoms with Crippen LogP contribution in [0.5, 0.6) is 0 Å². The number of hydrogen-bond donors (Lipinski definition) is 1. The monoisotopic (exact) mass is 507 g/mol. The van der Waals surface area contributed by atoms with E-state index in [2.05, 4.69) is 24.4 Å². The second-order valence-electron chi connectivity index (χ2n) is 8.62. The Morgan fingerprint density at radius 2 is 1.43 bits per heavy atom. The standard InChI is InChI=1S/C32H42FNO3/c1-3-4-5-6-7-8-9-10-11-12-13-14-15-16-17-18-19-20-21-22-31(35)34-25-26-37-32(36)30-27-29(33)24-23-28(30)2/h11-24,27H,3-10,25-26H2,1-2H3,(H,34,35). The summed E-state index contributed by atoms with van der Waals surface area (Å²) >= 11 is 0. The van der Waals surface area contributed by atoms with Gasteiger partial charge in [-0.15, -0.1) is 0 Å². The highest BCUT2D eigenvalue weighted by Crippen LogP contribution is 2.11. The first-order valence-electron chi connectivity index (χ1n) is 13.3. The van der Waals surface area contributed by atoms with Crippen LogP contribution in [-0.4, -0.2) is 25.0 Å². The lowest BCUT2D eigenvalue weighted by Crippen LogP contribution is -2.26. The van der Waals surface area contributed by atoms with Crippen molar-refractivity contribution in [2.45, 2.75) is 65.2 Å². The number of ether oxygens (including phenoxy) is 1. The first-order chi connectivity index (χ1) is 18.0. The Labute approximate surface area is 222 Å². The summed E-state index contributed by atoms with van der Waals surface area (Å²) < 4.78 is 18.4. The van der Waals surface area contributed by atoms with Gasteiger partial charge in [-0.1, -0.05) is 118 Å². The van der Waals surface area contributed by atoms with Crippen molar-refractivity contribution < 1.29 is 18.7 Å². The number of esters is 1. The predicted molar refractivity (Wildman–Crippen MR) is 152 cm³/mol. The maximum Gasteiger partial charge on any atom is 0.338 e. The van der Waals surface area contributed by atoms with E-state index in [9.17, 15) is 14.0 Å². The van der Waals surface area contributed by atoms with E-state index in [1.54, 1.807) is 19.1 Å². The summed E-state index contributed by atoms with van der Waals surface area (Å²) in [5.74, 6) is -1.41. The largest absolute Gasteiger partial charge is 0.460 e. The highest BCUT2D eigenvalue weighted by molar-refractivity contribution is 5.91. The highest BCUT2D eigenvalue weighted by Gasteiger charge is 2.11. The van der Waals surface area contributed by atoms with Crippen molar-refractivity contribution in [3.05, 3.63) is 108 Å². The van der Waals surface area contributed by atoms with Gasteiger partial charge in [-0.25, -0.2) is 9.18 Å². The molecule has 0 unspecified atom stereocenters. The molecule has 0 spiro atoms. The van der Waals surface area contributed by atoms with Gasteiger partial charge in [0.15, 0.2) is 0 Å². The van der Waals surface area contributed by atoms with Crippen molar-refractivity contribution in [1.29, 1.82) is 0 Å². The molecule has 5 heteroatoms. The Morgan fingerprint density at radius 1 is 0.838 bits per heavy atom. The van der Waals surface area contributed by atoms with E-state index in [1.165, 1.54) is 63.2 Å². The van der Waals surface area contributed by atoms with Crippen molar-refractivity contribution in [1.82, 2.24) is 5.32 Å². The number of hydrogen-bond acceptors (Lipinski definition) is 3. The maximum absolute atomic E-state index is 13.3. The second-order valence-corrected chi connectivity index (χ2v) is 8.62. The van der Waals surface area contributed by atoms with Gasteiger partial charge in [-0.2, -0.15) is 0 Å². The Kier molecular flexibility index (Phi) is 18.6. The minimum Gasteiger partial charge on any atom is -0.460 e. The zero-order valence-corrected chi connectivity index (χ0v) is 22.3. The Bertz CT molecular complexity index is 970. The molecule has 0 aliphatic carbocycles. The van der Waals surface area contributed by atoms with E-state index in [1.807, 2.05) is 42.5 Å². The van der Waals surface area contributed by atoms with Gasteiger partial charge >= 0.3 is 5.97 Å². The topological polar surface area (TPSA) is 55.4 Å². The van der Waals surface area contributed by atoms with Gasteiger partial charge in [0.2, 0.25) is 5.91 Å².